The third kappa shape index (κ3) is 4.26. The van der Waals surface area contributed by atoms with Crippen LogP contribution in [0.2, 0.25) is 0 Å². The first kappa shape index (κ1) is 20.1. The summed E-state index contributed by atoms with van der Waals surface area (Å²) in [6, 6.07) is 12.2. The van der Waals surface area contributed by atoms with Crippen LogP contribution in [0.3, 0.4) is 0 Å². The Morgan fingerprint density at radius 3 is 2.52 bits per heavy atom. The molecule has 0 radical (unpaired) electrons. The van der Waals surface area contributed by atoms with E-state index in [1.54, 1.807) is 49.1 Å². The molecule has 0 spiro atoms. The smallest absolute Gasteiger partial charge is 0.354 e. The molecule has 0 bridgehead atoms. The summed E-state index contributed by atoms with van der Waals surface area (Å²) in [4.78, 5) is 24.7. The molecule has 1 amide bonds. The Morgan fingerprint density at radius 2 is 1.86 bits per heavy atom. The van der Waals surface area contributed by atoms with Gasteiger partial charge in [-0.1, -0.05) is 12.1 Å². The molecule has 152 valence electrons. The van der Waals surface area contributed by atoms with Gasteiger partial charge in [0.2, 0.25) is 5.91 Å². The highest BCUT2D eigenvalue weighted by Crippen LogP contribution is 2.30. The second-order valence-electron chi connectivity index (χ2n) is 6.09. The van der Waals surface area contributed by atoms with E-state index >= 15 is 0 Å². The summed E-state index contributed by atoms with van der Waals surface area (Å²) >= 11 is 0. The molecule has 8 nitrogen and oxygen atoms in total. The first-order valence-electron chi connectivity index (χ1n) is 8.87. The molecule has 0 aliphatic carbocycles. The fourth-order valence-corrected chi connectivity index (χ4v) is 3.05. The van der Waals surface area contributed by atoms with Crippen LogP contribution in [0.15, 0.2) is 53.1 Å². The fourth-order valence-electron chi connectivity index (χ4n) is 3.05. The maximum atomic E-state index is 12.6. The first-order valence-corrected chi connectivity index (χ1v) is 8.87. The van der Waals surface area contributed by atoms with Gasteiger partial charge in [0.15, 0.2) is 11.5 Å². The zero-order valence-corrected chi connectivity index (χ0v) is 16.4. The second-order valence-corrected chi connectivity index (χ2v) is 6.09. The van der Waals surface area contributed by atoms with Crippen molar-refractivity contribution >= 4 is 11.9 Å². The van der Waals surface area contributed by atoms with Crippen molar-refractivity contribution in [1.82, 2.24) is 9.88 Å². The van der Waals surface area contributed by atoms with Gasteiger partial charge in [-0.3, -0.25) is 4.79 Å². The molecular formula is C21H22N2O6. The molecule has 2 aromatic heterocycles. The van der Waals surface area contributed by atoms with E-state index in [2.05, 4.69) is 5.32 Å². The number of nitrogens with zero attached hydrogens (tertiary/aromatic N) is 1. The van der Waals surface area contributed by atoms with Gasteiger partial charge in [0.25, 0.3) is 0 Å². The van der Waals surface area contributed by atoms with E-state index in [-0.39, 0.29) is 24.7 Å². The minimum Gasteiger partial charge on any atom is -0.493 e. The lowest BCUT2D eigenvalue weighted by molar-refractivity contribution is -0.121. The molecule has 1 aromatic carbocycles. The van der Waals surface area contributed by atoms with Crippen LogP contribution < -0.4 is 14.8 Å². The van der Waals surface area contributed by atoms with Crippen molar-refractivity contribution in [3.63, 3.8) is 0 Å². The number of amides is 1. The van der Waals surface area contributed by atoms with Gasteiger partial charge >= 0.3 is 5.97 Å². The van der Waals surface area contributed by atoms with Crippen LogP contribution in [0, 0.1) is 0 Å². The number of ether oxygens (including phenoxy) is 3. The van der Waals surface area contributed by atoms with Crippen molar-refractivity contribution in [2.45, 2.75) is 13.1 Å². The molecular weight excluding hydrogens is 376 g/mol. The van der Waals surface area contributed by atoms with Gasteiger partial charge in [-0.15, -0.1) is 0 Å². The first-order chi connectivity index (χ1) is 14.1. The van der Waals surface area contributed by atoms with Crippen LogP contribution in [0.5, 0.6) is 11.5 Å². The molecule has 3 rings (SSSR count). The Morgan fingerprint density at radius 1 is 1.03 bits per heavy atom. The standard InChI is InChI=1S/C21H22N2O6/c1-26-18-7-4-6-14(20(18)27-2)12-22-19(24)13-23-15(17-8-5-11-29-17)9-10-16(23)21(25)28-3/h4-11H,12-13H2,1-3H3,(H,22,24). The summed E-state index contributed by atoms with van der Waals surface area (Å²) in [5.74, 6) is 0.858. The number of para-hydroxylation sites is 1. The molecule has 0 fully saturated rings. The van der Waals surface area contributed by atoms with E-state index in [4.69, 9.17) is 18.6 Å². The number of furan rings is 1. The number of esters is 1. The van der Waals surface area contributed by atoms with Crippen LogP contribution in [0.1, 0.15) is 16.1 Å². The Kier molecular flexibility index (Phi) is 6.23. The minimum absolute atomic E-state index is 0.0836. The maximum Gasteiger partial charge on any atom is 0.354 e. The molecule has 0 unspecified atom stereocenters. The number of methoxy groups -OCH3 is 3. The Balaban J connectivity index is 1.79. The predicted octanol–water partition coefficient (Wildman–Crippen LogP) is 2.87. The van der Waals surface area contributed by atoms with Gasteiger partial charge in [-0.25, -0.2) is 4.79 Å². The summed E-state index contributed by atoms with van der Waals surface area (Å²) in [7, 11) is 4.39. The molecule has 8 heteroatoms. The SMILES string of the molecule is COC(=O)c1ccc(-c2ccco2)n1CC(=O)NCc1cccc(OC)c1OC. The lowest BCUT2D eigenvalue weighted by Crippen LogP contribution is -2.29. The molecule has 0 saturated heterocycles. The zero-order valence-electron chi connectivity index (χ0n) is 16.4. The van der Waals surface area contributed by atoms with Gasteiger partial charge in [0.05, 0.1) is 33.3 Å². The Bertz CT molecular complexity index is 991. The average Bonchev–Trinajstić information content (AvgIpc) is 3.41. The summed E-state index contributed by atoms with van der Waals surface area (Å²) in [5, 5.41) is 2.84. The van der Waals surface area contributed by atoms with E-state index < -0.39 is 5.97 Å². The molecule has 0 atom stereocenters. The fraction of sp³-hybridized carbons (Fsp3) is 0.238. The van der Waals surface area contributed by atoms with E-state index in [0.29, 0.717) is 23.0 Å². The van der Waals surface area contributed by atoms with Gasteiger partial charge in [0, 0.05) is 12.1 Å². The zero-order chi connectivity index (χ0) is 20.8. The van der Waals surface area contributed by atoms with Crippen molar-refractivity contribution in [1.29, 1.82) is 0 Å². The van der Waals surface area contributed by atoms with E-state index in [0.717, 1.165) is 5.56 Å². The molecule has 2 heterocycles. The highest BCUT2D eigenvalue weighted by atomic mass is 16.5. The normalized spacial score (nSPS) is 10.4. The summed E-state index contributed by atoms with van der Waals surface area (Å²) in [5.41, 5.74) is 1.63. The number of benzene rings is 1. The van der Waals surface area contributed by atoms with Crippen molar-refractivity contribution in [3.05, 3.63) is 60.0 Å². The van der Waals surface area contributed by atoms with Crippen LogP contribution in [0.25, 0.3) is 11.5 Å². The van der Waals surface area contributed by atoms with E-state index in [9.17, 15) is 9.59 Å². The summed E-state index contributed by atoms with van der Waals surface area (Å²) in [6.07, 6.45) is 1.53. The summed E-state index contributed by atoms with van der Waals surface area (Å²) < 4.78 is 22.5. The maximum absolute atomic E-state index is 12.6. The van der Waals surface area contributed by atoms with Gasteiger partial charge < -0.3 is 28.5 Å². The lowest BCUT2D eigenvalue weighted by atomic mass is 10.2. The average molecular weight is 398 g/mol. The van der Waals surface area contributed by atoms with Crippen molar-refractivity contribution in [2.24, 2.45) is 0 Å². The number of rotatable bonds is 8. The lowest BCUT2D eigenvalue weighted by Gasteiger charge is -2.14. The number of nitrogens with one attached hydrogen (secondary N) is 1. The molecule has 3 aromatic rings. The Hall–Kier alpha value is -3.68. The second kappa shape index (κ2) is 9.01. The van der Waals surface area contributed by atoms with Gasteiger partial charge in [-0.2, -0.15) is 0 Å². The quantitative estimate of drug-likeness (QED) is 0.587. The van der Waals surface area contributed by atoms with E-state index in [1.165, 1.54) is 13.4 Å². The number of carbonyl (C=O) groups is 2. The largest absolute Gasteiger partial charge is 0.493 e. The van der Waals surface area contributed by atoms with Crippen molar-refractivity contribution in [2.75, 3.05) is 21.3 Å². The van der Waals surface area contributed by atoms with Crippen LogP contribution in [0.4, 0.5) is 0 Å². The third-order valence-corrected chi connectivity index (χ3v) is 4.41. The highest BCUT2D eigenvalue weighted by Gasteiger charge is 2.20. The molecule has 0 saturated carbocycles. The number of hydrogen-bond donors (Lipinski definition) is 1. The number of aromatic nitrogens is 1. The van der Waals surface area contributed by atoms with E-state index in [1.807, 2.05) is 12.1 Å². The topological polar surface area (TPSA) is 91.9 Å². The summed E-state index contributed by atoms with van der Waals surface area (Å²) in [6.45, 7) is 0.157. The minimum atomic E-state index is -0.537. The number of carbonyl (C=O) groups excluding carboxylic acids is 2. The monoisotopic (exact) mass is 398 g/mol. The molecule has 0 aliphatic heterocycles. The van der Waals surface area contributed by atoms with Crippen LogP contribution in [-0.2, 0) is 22.6 Å². The predicted molar refractivity (Wildman–Crippen MR) is 105 cm³/mol. The molecule has 1 N–H and O–H groups in total. The Labute approximate surface area is 168 Å². The molecule has 0 aliphatic rings. The van der Waals surface area contributed by atoms with Crippen LogP contribution >= 0.6 is 0 Å². The molecule has 29 heavy (non-hydrogen) atoms. The third-order valence-electron chi connectivity index (χ3n) is 4.41. The number of hydrogen-bond acceptors (Lipinski definition) is 6. The van der Waals surface area contributed by atoms with Gasteiger partial charge in [-0.05, 0) is 30.3 Å². The highest BCUT2D eigenvalue weighted by molar-refractivity contribution is 5.90. The van der Waals surface area contributed by atoms with Crippen molar-refractivity contribution in [3.8, 4) is 23.0 Å². The van der Waals surface area contributed by atoms with Gasteiger partial charge in [0.1, 0.15) is 18.0 Å². The van der Waals surface area contributed by atoms with Crippen LogP contribution in [-0.4, -0.2) is 37.8 Å². The van der Waals surface area contributed by atoms with Crippen molar-refractivity contribution < 1.29 is 28.2 Å².